The predicted molar refractivity (Wildman–Crippen MR) is 65.9 cm³/mol. The maximum atomic E-state index is 9.67. The summed E-state index contributed by atoms with van der Waals surface area (Å²) in [4.78, 5) is 4.84. The molecule has 3 unspecified atom stereocenters. The van der Waals surface area contributed by atoms with Crippen LogP contribution in [0.15, 0.2) is 0 Å². The van der Waals surface area contributed by atoms with Gasteiger partial charge < -0.3 is 15.7 Å². The summed E-state index contributed by atoms with van der Waals surface area (Å²) in [5, 5.41) is 9.67. The van der Waals surface area contributed by atoms with Crippen LogP contribution in [-0.2, 0) is 0 Å². The van der Waals surface area contributed by atoms with Gasteiger partial charge in [0.15, 0.2) is 0 Å². The number of likely N-dealkylation sites (N-methyl/N-ethyl adjacent to an activating group) is 1. The molecule has 5 heteroatoms. The highest BCUT2D eigenvalue weighted by molar-refractivity contribution is 7.80. The van der Waals surface area contributed by atoms with Gasteiger partial charge in [0.1, 0.15) is 0 Å². The number of nitrogens with two attached hydrogens (primary N) is 1. The van der Waals surface area contributed by atoms with E-state index in [0.717, 1.165) is 13.0 Å². The normalized spacial score (nSPS) is 29.7. The number of hydrogen-bond donors (Lipinski definition) is 2. The van der Waals surface area contributed by atoms with Crippen molar-refractivity contribution in [1.82, 2.24) is 9.80 Å². The first-order valence-corrected chi connectivity index (χ1v) is 5.70. The van der Waals surface area contributed by atoms with E-state index < -0.39 is 0 Å². The standard InChI is InChI=1S/C10H21N3OS/c1-7(10(11)15)13-6-9(14)4-8(13)5-12(2)3/h7-9,14H,4-6H2,1-3H3,(H2,11,15). The van der Waals surface area contributed by atoms with Crippen molar-refractivity contribution >= 4 is 17.2 Å². The number of aliphatic hydroxyl groups is 1. The topological polar surface area (TPSA) is 52.7 Å². The zero-order chi connectivity index (χ0) is 11.6. The molecule has 0 aliphatic carbocycles. The molecule has 0 aromatic carbocycles. The monoisotopic (exact) mass is 231 g/mol. The van der Waals surface area contributed by atoms with Crippen LogP contribution in [-0.4, -0.2) is 65.3 Å². The highest BCUT2D eigenvalue weighted by Gasteiger charge is 2.34. The third-order valence-electron chi connectivity index (χ3n) is 2.92. The summed E-state index contributed by atoms with van der Waals surface area (Å²) < 4.78 is 0. The van der Waals surface area contributed by atoms with Crippen molar-refractivity contribution in [3.63, 3.8) is 0 Å². The van der Waals surface area contributed by atoms with Gasteiger partial charge in [-0.25, -0.2) is 0 Å². The first kappa shape index (κ1) is 12.8. The lowest BCUT2D eigenvalue weighted by molar-refractivity contribution is 0.165. The molecule has 3 N–H and O–H groups in total. The van der Waals surface area contributed by atoms with Crippen molar-refractivity contribution in [2.24, 2.45) is 5.73 Å². The third-order valence-corrected chi connectivity index (χ3v) is 3.26. The van der Waals surface area contributed by atoms with Crippen molar-refractivity contribution in [2.75, 3.05) is 27.2 Å². The van der Waals surface area contributed by atoms with Crippen molar-refractivity contribution in [1.29, 1.82) is 0 Å². The number of thiocarbonyl (C=S) groups is 1. The number of nitrogens with zero attached hydrogens (tertiary/aromatic N) is 2. The van der Waals surface area contributed by atoms with Crippen molar-refractivity contribution in [3.8, 4) is 0 Å². The van der Waals surface area contributed by atoms with Crippen LogP contribution in [0.1, 0.15) is 13.3 Å². The van der Waals surface area contributed by atoms with E-state index in [0.29, 0.717) is 17.6 Å². The molecule has 3 atom stereocenters. The van der Waals surface area contributed by atoms with Gasteiger partial charge in [0.2, 0.25) is 0 Å². The van der Waals surface area contributed by atoms with Gasteiger partial charge in [0, 0.05) is 19.1 Å². The van der Waals surface area contributed by atoms with Crippen LogP contribution in [0.3, 0.4) is 0 Å². The smallest absolute Gasteiger partial charge is 0.0899 e. The lowest BCUT2D eigenvalue weighted by Gasteiger charge is -2.31. The second-order valence-electron chi connectivity index (χ2n) is 4.58. The summed E-state index contributed by atoms with van der Waals surface area (Å²) >= 11 is 5.00. The Morgan fingerprint density at radius 3 is 2.73 bits per heavy atom. The summed E-state index contributed by atoms with van der Waals surface area (Å²) in [5.74, 6) is 0. The Hall–Kier alpha value is -0.230. The minimum Gasteiger partial charge on any atom is -0.392 e. The molecule has 1 fully saturated rings. The Morgan fingerprint density at radius 1 is 1.67 bits per heavy atom. The number of β-amino-alcohol motifs (C(OH)–C–C–N with tert-alkyl or cyclic N) is 1. The summed E-state index contributed by atoms with van der Waals surface area (Å²) in [6, 6.07) is 0.425. The number of rotatable bonds is 4. The van der Waals surface area contributed by atoms with Gasteiger partial charge in [-0.3, -0.25) is 4.90 Å². The molecule has 1 aliphatic heterocycles. The zero-order valence-electron chi connectivity index (χ0n) is 9.68. The molecule has 15 heavy (non-hydrogen) atoms. The summed E-state index contributed by atoms with van der Waals surface area (Å²) in [6.45, 7) is 3.62. The maximum Gasteiger partial charge on any atom is 0.0899 e. The molecule has 1 aliphatic rings. The molecule has 0 bridgehead atoms. The average molecular weight is 231 g/mol. The van der Waals surface area contributed by atoms with E-state index in [1.807, 2.05) is 21.0 Å². The molecule has 1 heterocycles. The van der Waals surface area contributed by atoms with Gasteiger partial charge in [-0.15, -0.1) is 0 Å². The van der Waals surface area contributed by atoms with E-state index in [1.165, 1.54) is 0 Å². The Morgan fingerprint density at radius 2 is 2.27 bits per heavy atom. The molecule has 1 saturated heterocycles. The Bertz CT molecular complexity index is 235. The molecule has 4 nitrogen and oxygen atoms in total. The average Bonchev–Trinajstić information content (AvgIpc) is 2.44. The van der Waals surface area contributed by atoms with Crippen molar-refractivity contribution in [2.45, 2.75) is 31.5 Å². The van der Waals surface area contributed by atoms with Gasteiger partial charge in [0.25, 0.3) is 0 Å². The lowest BCUT2D eigenvalue weighted by atomic mass is 10.1. The first-order valence-electron chi connectivity index (χ1n) is 5.29. The number of likely N-dealkylation sites (tertiary alicyclic amines) is 1. The predicted octanol–water partition coefficient (Wildman–Crippen LogP) is -0.342. The minimum absolute atomic E-state index is 0.0714. The SMILES string of the molecule is CC(C(N)=S)N1CC(O)CC1CN(C)C. The molecule has 0 spiro atoms. The van der Waals surface area contributed by atoms with Gasteiger partial charge in [-0.05, 0) is 27.4 Å². The van der Waals surface area contributed by atoms with Gasteiger partial charge in [-0.1, -0.05) is 12.2 Å². The highest BCUT2D eigenvalue weighted by atomic mass is 32.1. The number of aliphatic hydroxyl groups excluding tert-OH is 1. The highest BCUT2D eigenvalue weighted by Crippen LogP contribution is 2.21. The van der Waals surface area contributed by atoms with E-state index in [4.69, 9.17) is 18.0 Å². The maximum absolute atomic E-state index is 9.67. The van der Waals surface area contributed by atoms with Crippen LogP contribution in [0, 0.1) is 0 Å². The van der Waals surface area contributed by atoms with Gasteiger partial charge >= 0.3 is 0 Å². The van der Waals surface area contributed by atoms with E-state index in [1.54, 1.807) is 0 Å². The minimum atomic E-state index is -0.244. The second kappa shape index (κ2) is 5.21. The van der Waals surface area contributed by atoms with Crippen LogP contribution in [0.2, 0.25) is 0 Å². The molecule has 0 radical (unpaired) electrons. The third kappa shape index (κ3) is 3.38. The molecular formula is C10H21N3OS. The van der Waals surface area contributed by atoms with Crippen LogP contribution in [0.4, 0.5) is 0 Å². The molecule has 0 amide bonds. The van der Waals surface area contributed by atoms with E-state index >= 15 is 0 Å². The molecule has 88 valence electrons. The first-order chi connectivity index (χ1) is 6.91. The summed E-state index contributed by atoms with van der Waals surface area (Å²) in [7, 11) is 4.07. The van der Waals surface area contributed by atoms with E-state index in [-0.39, 0.29) is 12.1 Å². The molecule has 0 aromatic rings. The Balaban J connectivity index is 2.64. The van der Waals surface area contributed by atoms with Crippen molar-refractivity contribution in [3.05, 3.63) is 0 Å². The summed E-state index contributed by atoms with van der Waals surface area (Å²) in [5.41, 5.74) is 5.65. The zero-order valence-corrected chi connectivity index (χ0v) is 10.5. The molecule has 1 rings (SSSR count). The molecule has 0 saturated carbocycles. The Labute approximate surface area is 97.0 Å². The van der Waals surface area contributed by atoms with Crippen LogP contribution >= 0.6 is 12.2 Å². The van der Waals surface area contributed by atoms with Crippen LogP contribution in [0.5, 0.6) is 0 Å². The Kier molecular flexibility index (Phi) is 4.45. The fourth-order valence-corrected chi connectivity index (χ4v) is 2.29. The summed E-state index contributed by atoms with van der Waals surface area (Å²) in [6.07, 6.45) is 0.567. The number of hydrogen-bond acceptors (Lipinski definition) is 4. The van der Waals surface area contributed by atoms with E-state index in [9.17, 15) is 5.11 Å². The van der Waals surface area contributed by atoms with Crippen LogP contribution in [0.25, 0.3) is 0 Å². The molecule has 0 aromatic heterocycles. The van der Waals surface area contributed by atoms with Gasteiger partial charge in [-0.2, -0.15) is 0 Å². The van der Waals surface area contributed by atoms with Crippen molar-refractivity contribution < 1.29 is 5.11 Å². The van der Waals surface area contributed by atoms with Gasteiger partial charge in [0.05, 0.1) is 17.1 Å². The fraction of sp³-hybridized carbons (Fsp3) is 0.900. The molecular weight excluding hydrogens is 210 g/mol. The second-order valence-corrected chi connectivity index (χ2v) is 5.05. The lowest BCUT2D eigenvalue weighted by Crippen LogP contribution is -2.47. The van der Waals surface area contributed by atoms with Crippen LogP contribution < -0.4 is 5.73 Å². The quantitative estimate of drug-likeness (QED) is 0.648. The fourth-order valence-electron chi connectivity index (χ4n) is 2.16. The van der Waals surface area contributed by atoms with E-state index in [2.05, 4.69) is 9.80 Å². The largest absolute Gasteiger partial charge is 0.392 e.